The fourth-order valence-corrected chi connectivity index (χ4v) is 3.64. The Kier molecular flexibility index (Phi) is 4.61. The fourth-order valence-electron chi connectivity index (χ4n) is 3.64. The van der Waals surface area contributed by atoms with Crippen LogP contribution in [-0.4, -0.2) is 25.8 Å². The lowest BCUT2D eigenvalue weighted by Crippen LogP contribution is -2.27. The highest BCUT2D eigenvalue weighted by molar-refractivity contribution is 5.32. The molecule has 25 heavy (non-hydrogen) atoms. The van der Waals surface area contributed by atoms with E-state index in [-0.39, 0.29) is 0 Å². The molecule has 130 valence electrons. The molecular formula is C19H23N5O. The zero-order valence-corrected chi connectivity index (χ0v) is 14.4. The van der Waals surface area contributed by atoms with Crippen molar-refractivity contribution in [3.63, 3.8) is 0 Å². The summed E-state index contributed by atoms with van der Waals surface area (Å²) in [5, 5.41) is 11.7. The highest BCUT2D eigenvalue weighted by atomic mass is 16.4. The zero-order valence-electron chi connectivity index (χ0n) is 14.4. The molecule has 1 fully saturated rings. The van der Waals surface area contributed by atoms with Crippen LogP contribution in [0.1, 0.15) is 36.9 Å². The van der Waals surface area contributed by atoms with Crippen molar-refractivity contribution in [3.05, 3.63) is 60.3 Å². The highest BCUT2D eigenvalue weighted by Crippen LogP contribution is 2.28. The van der Waals surface area contributed by atoms with E-state index in [2.05, 4.69) is 37.2 Å². The first-order chi connectivity index (χ1) is 12.3. The van der Waals surface area contributed by atoms with E-state index in [1.54, 1.807) is 0 Å². The van der Waals surface area contributed by atoms with Crippen LogP contribution < -0.4 is 5.32 Å². The summed E-state index contributed by atoms with van der Waals surface area (Å²) in [6, 6.07) is 10.9. The Morgan fingerprint density at radius 2 is 2.08 bits per heavy atom. The van der Waals surface area contributed by atoms with Crippen LogP contribution in [0, 0.1) is 12.8 Å². The van der Waals surface area contributed by atoms with Gasteiger partial charge in [0.25, 0.3) is 0 Å². The minimum atomic E-state index is 0.523. The second-order valence-electron chi connectivity index (χ2n) is 6.72. The van der Waals surface area contributed by atoms with Gasteiger partial charge in [-0.25, -0.2) is 4.98 Å². The van der Waals surface area contributed by atoms with Crippen LogP contribution in [0.4, 0.5) is 0 Å². The number of nitrogens with zero attached hydrogens (tertiary/aromatic N) is 4. The molecule has 0 unspecified atom stereocenters. The molecule has 0 saturated heterocycles. The second kappa shape index (κ2) is 7.19. The summed E-state index contributed by atoms with van der Waals surface area (Å²) >= 11 is 0. The van der Waals surface area contributed by atoms with Gasteiger partial charge in [-0.05, 0) is 37.3 Å². The van der Waals surface area contributed by atoms with E-state index < -0.39 is 0 Å². The number of aromatic nitrogens is 4. The monoisotopic (exact) mass is 337 g/mol. The maximum atomic E-state index is 5.51. The van der Waals surface area contributed by atoms with E-state index in [4.69, 9.17) is 4.42 Å². The summed E-state index contributed by atoms with van der Waals surface area (Å²) in [6.07, 6.45) is 8.29. The smallest absolute Gasteiger partial charge is 0.216 e. The molecule has 1 aliphatic rings. The van der Waals surface area contributed by atoms with E-state index in [9.17, 15) is 0 Å². The van der Waals surface area contributed by atoms with Gasteiger partial charge in [0.05, 0.1) is 6.54 Å². The van der Waals surface area contributed by atoms with Crippen molar-refractivity contribution in [2.75, 3.05) is 0 Å². The van der Waals surface area contributed by atoms with Crippen LogP contribution in [0.3, 0.4) is 0 Å². The van der Waals surface area contributed by atoms with Gasteiger partial charge in [0.2, 0.25) is 11.8 Å². The summed E-state index contributed by atoms with van der Waals surface area (Å²) in [6.45, 7) is 2.61. The topological polar surface area (TPSA) is 68.8 Å². The Labute approximate surface area is 147 Å². The molecule has 1 saturated carbocycles. The van der Waals surface area contributed by atoms with Crippen LogP contribution >= 0.6 is 0 Å². The third-order valence-electron chi connectivity index (χ3n) is 4.87. The van der Waals surface area contributed by atoms with E-state index >= 15 is 0 Å². The third kappa shape index (κ3) is 3.79. The van der Waals surface area contributed by atoms with E-state index in [1.807, 2.05) is 37.5 Å². The van der Waals surface area contributed by atoms with Gasteiger partial charge < -0.3 is 14.3 Å². The molecule has 0 radical (unpaired) electrons. The molecule has 0 spiro atoms. The molecule has 2 aromatic heterocycles. The first-order valence-electron chi connectivity index (χ1n) is 8.88. The molecule has 0 amide bonds. The highest BCUT2D eigenvalue weighted by Gasteiger charge is 2.26. The molecule has 4 rings (SSSR count). The number of benzene rings is 1. The number of hydrogen-bond acceptors (Lipinski definition) is 5. The lowest BCUT2D eigenvalue weighted by atomic mass is 10.0. The SMILES string of the molecule is Cc1nnc(C[C@@H]2CC[C@H](NCc3nccn3-c3ccccc3)C2)o1. The normalized spacial score (nSPS) is 20.2. The van der Waals surface area contributed by atoms with Crippen molar-refractivity contribution in [2.45, 2.75) is 45.2 Å². The van der Waals surface area contributed by atoms with Crippen LogP contribution in [0.2, 0.25) is 0 Å². The molecular weight excluding hydrogens is 314 g/mol. The molecule has 0 bridgehead atoms. The van der Waals surface area contributed by atoms with Crippen molar-refractivity contribution in [3.8, 4) is 5.69 Å². The molecule has 1 N–H and O–H groups in total. The van der Waals surface area contributed by atoms with Gasteiger partial charge in [-0.2, -0.15) is 0 Å². The van der Waals surface area contributed by atoms with Gasteiger partial charge >= 0.3 is 0 Å². The maximum Gasteiger partial charge on any atom is 0.216 e. The lowest BCUT2D eigenvalue weighted by Gasteiger charge is -2.14. The number of nitrogens with one attached hydrogen (secondary N) is 1. The van der Waals surface area contributed by atoms with Crippen LogP contribution in [0.25, 0.3) is 5.69 Å². The minimum Gasteiger partial charge on any atom is -0.426 e. The van der Waals surface area contributed by atoms with Crippen molar-refractivity contribution in [2.24, 2.45) is 5.92 Å². The molecule has 2 heterocycles. The Balaban J connectivity index is 1.32. The quantitative estimate of drug-likeness (QED) is 0.749. The van der Waals surface area contributed by atoms with Gasteiger partial charge in [0.15, 0.2) is 0 Å². The summed E-state index contributed by atoms with van der Waals surface area (Å²) in [5.41, 5.74) is 1.15. The van der Waals surface area contributed by atoms with Crippen molar-refractivity contribution < 1.29 is 4.42 Å². The Bertz CT molecular complexity index is 810. The predicted octanol–water partition coefficient (Wildman–Crippen LogP) is 3.06. The van der Waals surface area contributed by atoms with Crippen molar-refractivity contribution in [1.29, 1.82) is 0 Å². The van der Waals surface area contributed by atoms with Crippen LogP contribution in [0.15, 0.2) is 47.1 Å². The Morgan fingerprint density at radius 3 is 2.88 bits per heavy atom. The van der Waals surface area contributed by atoms with Gasteiger partial charge in [-0.3, -0.25) is 0 Å². The largest absolute Gasteiger partial charge is 0.426 e. The lowest BCUT2D eigenvalue weighted by molar-refractivity contribution is 0.408. The summed E-state index contributed by atoms with van der Waals surface area (Å²) in [4.78, 5) is 4.51. The summed E-state index contributed by atoms with van der Waals surface area (Å²) in [5.74, 6) is 3.08. The first kappa shape index (κ1) is 16.0. The molecule has 2 atom stereocenters. The second-order valence-corrected chi connectivity index (χ2v) is 6.72. The molecule has 6 nitrogen and oxygen atoms in total. The van der Waals surface area contributed by atoms with Gasteiger partial charge in [0, 0.05) is 37.5 Å². The van der Waals surface area contributed by atoms with E-state index in [0.29, 0.717) is 17.9 Å². The van der Waals surface area contributed by atoms with Crippen molar-refractivity contribution in [1.82, 2.24) is 25.1 Å². The Hall–Kier alpha value is -2.47. The maximum absolute atomic E-state index is 5.51. The van der Waals surface area contributed by atoms with Crippen LogP contribution in [0.5, 0.6) is 0 Å². The molecule has 0 aliphatic heterocycles. The average Bonchev–Trinajstić information content (AvgIpc) is 3.36. The number of aryl methyl sites for hydroxylation is 1. The number of imidazole rings is 1. The third-order valence-corrected chi connectivity index (χ3v) is 4.87. The van der Waals surface area contributed by atoms with Gasteiger partial charge in [-0.15, -0.1) is 10.2 Å². The standard InChI is InChI=1S/C19H23N5O/c1-14-22-23-19(25-14)12-15-7-8-16(11-15)21-13-18-20-9-10-24(18)17-5-3-2-4-6-17/h2-6,9-10,15-16,21H,7-8,11-13H2,1H3/t15-,16+/m1/s1. The minimum absolute atomic E-state index is 0.523. The average molecular weight is 337 g/mol. The summed E-state index contributed by atoms with van der Waals surface area (Å²) in [7, 11) is 0. The molecule has 1 aliphatic carbocycles. The van der Waals surface area contributed by atoms with Crippen molar-refractivity contribution >= 4 is 0 Å². The number of rotatable bonds is 6. The number of hydrogen-bond donors (Lipinski definition) is 1. The first-order valence-corrected chi connectivity index (χ1v) is 8.88. The molecule has 3 aromatic rings. The summed E-state index contributed by atoms with van der Waals surface area (Å²) < 4.78 is 7.65. The molecule has 6 heteroatoms. The fraction of sp³-hybridized carbons (Fsp3) is 0.421. The Morgan fingerprint density at radius 1 is 1.20 bits per heavy atom. The van der Waals surface area contributed by atoms with Crippen LogP contribution in [-0.2, 0) is 13.0 Å². The van der Waals surface area contributed by atoms with E-state index in [0.717, 1.165) is 36.8 Å². The predicted molar refractivity (Wildman–Crippen MR) is 94.3 cm³/mol. The molecule has 1 aromatic carbocycles. The zero-order chi connectivity index (χ0) is 17.1. The van der Waals surface area contributed by atoms with Gasteiger partial charge in [0.1, 0.15) is 5.82 Å². The van der Waals surface area contributed by atoms with E-state index in [1.165, 1.54) is 12.8 Å². The van der Waals surface area contributed by atoms with Gasteiger partial charge in [-0.1, -0.05) is 18.2 Å². The number of para-hydroxylation sites is 1.